The molecule has 0 aliphatic heterocycles. The molecule has 0 N–H and O–H groups in total. The number of hydrogen-bond donors (Lipinski definition) is 0. The summed E-state index contributed by atoms with van der Waals surface area (Å²) in [6.45, 7) is 0. The van der Waals surface area contributed by atoms with Crippen LogP contribution in [0.2, 0.25) is 0 Å². The van der Waals surface area contributed by atoms with E-state index in [1.807, 2.05) is 12.1 Å². The van der Waals surface area contributed by atoms with Gasteiger partial charge in [-0.15, -0.1) is 0 Å². The van der Waals surface area contributed by atoms with Crippen LogP contribution in [0.25, 0.3) is 76.5 Å². The fraction of sp³-hybridized carbons (Fsp3) is 0. The minimum atomic E-state index is 0.910. The zero-order valence-corrected chi connectivity index (χ0v) is 27.3. The van der Waals surface area contributed by atoms with Crippen LogP contribution in [0.5, 0.6) is 0 Å². The Bertz CT molecular complexity index is 2870. The van der Waals surface area contributed by atoms with Crippen LogP contribution in [0.15, 0.2) is 192 Å². The van der Waals surface area contributed by atoms with E-state index < -0.39 is 0 Å². The standard InChI is InChI=1S/C48H31NO/c1-3-15-40-32(10-1)12-8-18-42(40)35-13-7-14-38(30-35)49(39-28-29-43-36(31-39)23-22-33-11-2-4-16-41(33)43)37-26-24-34(25-27-37)44-19-9-20-46-45-17-5-6-21-47(45)50-48(44)46/h1-31H. The van der Waals surface area contributed by atoms with Crippen molar-refractivity contribution in [2.24, 2.45) is 0 Å². The summed E-state index contributed by atoms with van der Waals surface area (Å²) in [7, 11) is 0. The SMILES string of the molecule is c1cc(-c2cccc3ccccc23)cc(N(c2ccc(-c3cccc4c3oc3ccccc34)cc2)c2ccc3c(ccc4ccccc43)c2)c1. The predicted octanol–water partition coefficient (Wildman–Crippen LogP) is 13.8. The predicted molar refractivity (Wildman–Crippen MR) is 212 cm³/mol. The fourth-order valence-electron chi connectivity index (χ4n) is 7.64. The van der Waals surface area contributed by atoms with Gasteiger partial charge in [-0.1, -0.05) is 146 Å². The number of furan rings is 1. The third kappa shape index (κ3) is 4.65. The van der Waals surface area contributed by atoms with E-state index in [0.717, 1.165) is 50.1 Å². The van der Waals surface area contributed by atoms with E-state index in [4.69, 9.17) is 4.42 Å². The molecule has 0 fully saturated rings. The molecule has 0 unspecified atom stereocenters. The molecule has 0 atom stereocenters. The second-order valence-electron chi connectivity index (χ2n) is 12.9. The summed E-state index contributed by atoms with van der Waals surface area (Å²) in [5.74, 6) is 0. The molecule has 0 aliphatic rings. The second-order valence-corrected chi connectivity index (χ2v) is 12.9. The Kier molecular flexibility index (Phi) is 6.53. The first-order chi connectivity index (χ1) is 24.8. The van der Waals surface area contributed by atoms with Crippen molar-refractivity contribution in [3.05, 3.63) is 188 Å². The van der Waals surface area contributed by atoms with E-state index in [1.54, 1.807) is 0 Å². The monoisotopic (exact) mass is 637 g/mol. The van der Waals surface area contributed by atoms with E-state index in [2.05, 4.69) is 181 Å². The van der Waals surface area contributed by atoms with E-state index >= 15 is 0 Å². The molecule has 0 amide bonds. The summed E-state index contributed by atoms with van der Waals surface area (Å²) in [5, 5.41) is 9.76. The van der Waals surface area contributed by atoms with Crippen LogP contribution in [0.3, 0.4) is 0 Å². The van der Waals surface area contributed by atoms with Gasteiger partial charge >= 0.3 is 0 Å². The molecule has 0 aliphatic carbocycles. The first kappa shape index (κ1) is 28.4. The molecular formula is C48H31NO. The maximum absolute atomic E-state index is 6.40. The van der Waals surface area contributed by atoms with E-state index in [1.165, 1.54) is 43.4 Å². The highest BCUT2D eigenvalue weighted by molar-refractivity contribution is 6.10. The second kappa shape index (κ2) is 11.5. The first-order valence-corrected chi connectivity index (χ1v) is 17.1. The van der Waals surface area contributed by atoms with Gasteiger partial charge in [0.15, 0.2) is 0 Å². The highest BCUT2D eigenvalue weighted by Gasteiger charge is 2.17. The number of anilines is 3. The Hall–Kier alpha value is -6.64. The molecule has 2 heteroatoms. The van der Waals surface area contributed by atoms with Crippen LogP contribution in [0.4, 0.5) is 17.1 Å². The lowest BCUT2D eigenvalue weighted by molar-refractivity contribution is 0.670. The fourth-order valence-corrected chi connectivity index (χ4v) is 7.64. The third-order valence-corrected chi connectivity index (χ3v) is 10.0. The third-order valence-electron chi connectivity index (χ3n) is 10.0. The van der Waals surface area contributed by atoms with Crippen LogP contribution >= 0.6 is 0 Å². The Labute approximate surface area is 290 Å². The minimum Gasteiger partial charge on any atom is -0.455 e. The molecule has 2 nitrogen and oxygen atoms in total. The van der Waals surface area contributed by atoms with Gasteiger partial charge in [0.25, 0.3) is 0 Å². The van der Waals surface area contributed by atoms with Crippen molar-refractivity contribution in [3.63, 3.8) is 0 Å². The molecule has 0 bridgehead atoms. The molecule has 10 aromatic rings. The van der Waals surface area contributed by atoms with Gasteiger partial charge in [-0.05, 0) is 91.5 Å². The van der Waals surface area contributed by atoms with Gasteiger partial charge < -0.3 is 9.32 Å². The molecule has 50 heavy (non-hydrogen) atoms. The Morgan fingerprint density at radius 1 is 0.320 bits per heavy atom. The molecule has 0 spiro atoms. The number of nitrogens with zero attached hydrogens (tertiary/aromatic N) is 1. The van der Waals surface area contributed by atoms with Crippen molar-refractivity contribution in [2.75, 3.05) is 4.90 Å². The van der Waals surface area contributed by atoms with E-state index in [9.17, 15) is 0 Å². The molecule has 9 aromatic carbocycles. The highest BCUT2D eigenvalue weighted by atomic mass is 16.3. The molecule has 1 heterocycles. The molecule has 0 saturated heterocycles. The lowest BCUT2D eigenvalue weighted by atomic mass is 9.97. The van der Waals surface area contributed by atoms with Gasteiger partial charge in [-0.2, -0.15) is 0 Å². The molecule has 0 saturated carbocycles. The van der Waals surface area contributed by atoms with E-state index in [0.29, 0.717) is 0 Å². The Morgan fingerprint density at radius 3 is 1.80 bits per heavy atom. The highest BCUT2D eigenvalue weighted by Crippen LogP contribution is 2.41. The van der Waals surface area contributed by atoms with Crippen LogP contribution in [0, 0.1) is 0 Å². The molecule has 0 radical (unpaired) electrons. The molecular weight excluding hydrogens is 607 g/mol. The maximum atomic E-state index is 6.40. The quantitative estimate of drug-likeness (QED) is 0.175. The molecule has 1 aromatic heterocycles. The van der Waals surface area contributed by atoms with Crippen molar-refractivity contribution in [1.82, 2.24) is 0 Å². The summed E-state index contributed by atoms with van der Waals surface area (Å²) in [5.41, 5.74) is 9.74. The van der Waals surface area contributed by atoms with Gasteiger partial charge in [-0.25, -0.2) is 0 Å². The van der Waals surface area contributed by atoms with Gasteiger partial charge in [-0.3, -0.25) is 0 Å². The maximum Gasteiger partial charge on any atom is 0.143 e. The number of hydrogen-bond acceptors (Lipinski definition) is 2. The van der Waals surface area contributed by atoms with Crippen molar-refractivity contribution < 1.29 is 4.42 Å². The lowest BCUT2D eigenvalue weighted by Gasteiger charge is -2.27. The Morgan fingerprint density at radius 2 is 0.920 bits per heavy atom. The van der Waals surface area contributed by atoms with Gasteiger partial charge in [0.05, 0.1) is 0 Å². The zero-order valence-electron chi connectivity index (χ0n) is 27.3. The number of rotatable bonds is 5. The van der Waals surface area contributed by atoms with E-state index in [-0.39, 0.29) is 0 Å². The topological polar surface area (TPSA) is 16.4 Å². The summed E-state index contributed by atoms with van der Waals surface area (Å²) in [4.78, 5) is 2.37. The first-order valence-electron chi connectivity index (χ1n) is 17.1. The zero-order chi connectivity index (χ0) is 33.0. The largest absolute Gasteiger partial charge is 0.455 e. The van der Waals surface area contributed by atoms with Gasteiger partial charge in [0, 0.05) is 33.4 Å². The van der Waals surface area contributed by atoms with Crippen molar-refractivity contribution in [2.45, 2.75) is 0 Å². The molecule has 10 rings (SSSR count). The summed E-state index contributed by atoms with van der Waals surface area (Å²) in [6.07, 6.45) is 0. The average molecular weight is 638 g/mol. The van der Waals surface area contributed by atoms with Gasteiger partial charge in [0.1, 0.15) is 11.2 Å². The summed E-state index contributed by atoms with van der Waals surface area (Å²) >= 11 is 0. The lowest BCUT2D eigenvalue weighted by Crippen LogP contribution is -2.10. The smallest absolute Gasteiger partial charge is 0.143 e. The normalized spacial score (nSPS) is 11.6. The van der Waals surface area contributed by atoms with Crippen LogP contribution in [-0.2, 0) is 0 Å². The Balaban J connectivity index is 1.13. The van der Waals surface area contributed by atoms with Crippen molar-refractivity contribution >= 4 is 71.3 Å². The summed E-state index contributed by atoms with van der Waals surface area (Å²) in [6, 6.07) is 67.6. The van der Waals surface area contributed by atoms with Crippen LogP contribution in [-0.4, -0.2) is 0 Å². The number of para-hydroxylation sites is 2. The molecule has 234 valence electrons. The summed E-state index contributed by atoms with van der Waals surface area (Å²) < 4.78 is 6.40. The minimum absolute atomic E-state index is 0.910. The van der Waals surface area contributed by atoms with Crippen molar-refractivity contribution in [3.8, 4) is 22.3 Å². The van der Waals surface area contributed by atoms with Gasteiger partial charge in [0.2, 0.25) is 0 Å². The van der Waals surface area contributed by atoms with Crippen LogP contribution < -0.4 is 4.90 Å². The van der Waals surface area contributed by atoms with Crippen LogP contribution in [0.1, 0.15) is 0 Å². The number of fused-ring (bicyclic) bond motifs is 7. The average Bonchev–Trinajstić information content (AvgIpc) is 3.57. The van der Waals surface area contributed by atoms with Crippen molar-refractivity contribution in [1.29, 1.82) is 0 Å². The number of benzene rings is 9.